The van der Waals surface area contributed by atoms with Gasteiger partial charge in [-0.15, -0.1) is 11.6 Å². The van der Waals surface area contributed by atoms with Gasteiger partial charge in [-0.25, -0.2) is 19.3 Å². The summed E-state index contributed by atoms with van der Waals surface area (Å²) < 4.78 is 9.86. The van der Waals surface area contributed by atoms with Gasteiger partial charge in [0.2, 0.25) is 0 Å². The summed E-state index contributed by atoms with van der Waals surface area (Å²) >= 11 is 6.55. The molecule has 0 aromatic carbocycles. The van der Waals surface area contributed by atoms with Crippen molar-refractivity contribution in [3.8, 4) is 0 Å². The lowest BCUT2D eigenvalue weighted by atomic mass is 9.32. The number of carbonyl (C=O) groups excluding carboxylic acids is 1. The molecule has 0 saturated heterocycles. The van der Waals surface area contributed by atoms with E-state index in [4.69, 9.17) is 16.3 Å². The average Bonchev–Trinajstić information content (AvgIpc) is 3.76. The SMILES string of the molecule is C=C(CCl)[C@@H]1CC[C@]2(C(O)n3ccnc3C)CC[C@]3(C)[C@H](CC[C@@H]4[C@@]5(C)CC[C@H](OC(=O)n6ccnc6C)C(C)(C)[C@@H]5CC[C@]43C)[C@@H]12. The van der Waals surface area contributed by atoms with E-state index in [1.165, 1.54) is 23.8 Å². The minimum Gasteiger partial charge on any atom is -0.445 e. The lowest BCUT2D eigenvalue weighted by Gasteiger charge is -2.73. The number of aryl methyl sites for hydroxylation is 2. The van der Waals surface area contributed by atoms with Crippen LogP contribution in [-0.4, -0.2) is 42.3 Å². The third-order valence-electron chi connectivity index (χ3n) is 16.0. The fourth-order valence-corrected chi connectivity index (χ4v) is 13.7. The van der Waals surface area contributed by atoms with E-state index in [2.05, 4.69) is 51.2 Å². The summed E-state index contributed by atoms with van der Waals surface area (Å²) in [4.78, 5) is 22.0. The molecular weight excluding hydrogens is 608 g/mol. The van der Waals surface area contributed by atoms with Gasteiger partial charge in [-0.3, -0.25) is 0 Å². The summed E-state index contributed by atoms with van der Waals surface area (Å²) in [6, 6.07) is 0. The van der Waals surface area contributed by atoms with Crippen LogP contribution in [-0.2, 0) is 4.74 Å². The van der Waals surface area contributed by atoms with Crippen LogP contribution in [0.2, 0.25) is 0 Å². The molecule has 5 saturated carbocycles. The normalized spacial score (nSPS) is 42.8. The van der Waals surface area contributed by atoms with Crippen LogP contribution in [0.3, 0.4) is 0 Å². The van der Waals surface area contributed by atoms with Crippen molar-refractivity contribution in [2.45, 2.75) is 125 Å². The zero-order valence-corrected chi connectivity index (χ0v) is 30.5. The molecule has 5 fully saturated rings. The van der Waals surface area contributed by atoms with Gasteiger partial charge in [0.1, 0.15) is 24.0 Å². The molecule has 47 heavy (non-hydrogen) atoms. The first-order chi connectivity index (χ1) is 22.2. The molecule has 0 amide bonds. The molecule has 258 valence electrons. The van der Waals surface area contributed by atoms with Crippen molar-refractivity contribution in [1.29, 1.82) is 0 Å². The number of rotatable bonds is 5. The van der Waals surface area contributed by atoms with Crippen molar-refractivity contribution < 1.29 is 14.6 Å². The fraction of sp³-hybridized carbons (Fsp3) is 0.769. The second-order valence-electron chi connectivity index (χ2n) is 17.7. The van der Waals surface area contributed by atoms with Crippen LogP contribution in [0, 0.1) is 70.5 Å². The number of nitrogens with zero attached hydrogens (tertiary/aromatic N) is 4. The van der Waals surface area contributed by atoms with Gasteiger partial charge < -0.3 is 14.4 Å². The van der Waals surface area contributed by atoms with E-state index >= 15 is 0 Å². The van der Waals surface area contributed by atoms with Gasteiger partial charge in [-0.2, -0.15) is 0 Å². The van der Waals surface area contributed by atoms with Crippen LogP contribution < -0.4 is 0 Å². The molecule has 0 radical (unpaired) electrons. The Hall–Kier alpha value is -2.12. The largest absolute Gasteiger partial charge is 0.445 e. The summed E-state index contributed by atoms with van der Waals surface area (Å²) in [5.74, 6) is 4.31. The topological polar surface area (TPSA) is 82.2 Å². The highest BCUT2D eigenvalue weighted by Crippen LogP contribution is 2.78. The highest BCUT2D eigenvalue weighted by atomic mass is 35.5. The third-order valence-corrected chi connectivity index (χ3v) is 16.4. The molecule has 0 spiro atoms. The number of allylic oxidation sites excluding steroid dienone is 1. The van der Waals surface area contributed by atoms with Crippen molar-refractivity contribution in [3.05, 3.63) is 48.6 Å². The van der Waals surface area contributed by atoms with Gasteiger partial charge in [-0.1, -0.05) is 46.8 Å². The summed E-state index contributed by atoms with van der Waals surface area (Å²) in [6.07, 6.45) is 17.1. The number of hydrogen-bond acceptors (Lipinski definition) is 5. The van der Waals surface area contributed by atoms with Gasteiger partial charge in [0.05, 0.1) is 0 Å². The summed E-state index contributed by atoms with van der Waals surface area (Å²) in [6.45, 7) is 21.0. The molecule has 5 aliphatic rings. The molecule has 0 bridgehead atoms. The van der Waals surface area contributed by atoms with Gasteiger partial charge in [0.25, 0.3) is 0 Å². The lowest BCUT2D eigenvalue weighted by Crippen LogP contribution is -2.67. The van der Waals surface area contributed by atoms with E-state index in [1.807, 2.05) is 30.8 Å². The number of halogens is 1. The van der Waals surface area contributed by atoms with Crippen molar-refractivity contribution in [3.63, 3.8) is 0 Å². The molecule has 7 nitrogen and oxygen atoms in total. The second kappa shape index (κ2) is 11.2. The van der Waals surface area contributed by atoms with Crippen molar-refractivity contribution in [1.82, 2.24) is 19.1 Å². The molecule has 5 aliphatic carbocycles. The van der Waals surface area contributed by atoms with Gasteiger partial charge in [0.15, 0.2) is 0 Å². The molecule has 1 unspecified atom stereocenters. The van der Waals surface area contributed by atoms with Crippen LogP contribution in [0.5, 0.6) is 0 Å². The zero-order valence-electron chi connectivity index (χ0n) is 29.8. The number of hydrogen-bond donors (Lipinski definition) is 1. The summed E-state index contributed by atoms with van der Waals surface area (Å²) in [7, 11) is 0. The molecule has 2 aromatic rings. The summed E-state index contributed by atoms with van der Waals surface area (Å²) in [5.41, 5.74) is 1.35. The van der Waals surface area contributed by atoms with Crippen molar-refractivity contribution in [2.75, 3.05) is 5.88 Å². The summed E-state index contributed by atoms with van der Waals surface area (Å²) in [5, 5.41) is 12.3. The minimum absolute atomic E-state index is 0.115. The smallest absolute Gasteiger partial charge is 0.419 e. The molecule has 11 atom stereocenters. The maximum Gasteiger partial charge on any atom is 0.419 e. The molecule has 1 N–H and O–H groups in total. The molecule has 7 rings (SSSR count). The predicted molar refractivity (Wildman–Crippen MR) is 185 cm³/mol. The number of ether oxygens (including phenoxy) is 1. The van der Waals surface area contributed by atoms with Crippen molar-refractivity contribution in [2.24, 2.45) is 56.7 Å². The zero-order chi connectivity index (χ0) is 33.7. The number of fused-ring (bicyclic) bond motifs is 7. The van der Waals surface area contributed by atoms with E-state index in [0.717, 1.165) is 56.3 Å². The highest BCUT2D eigenvalue weighted by Gasteiger charge is 2.72. The Labute approximate surface area is 286 Å². The lowest BCUT2D eigenvalue weighted by molar-refractivity contribution is -0.257. The monoisotopic (exact) mass is 664 g/mol. The third kappa shape index (κ3) is 4.49. The average molecular weight is 665 g/mol. The number of aliphatic hydroxyl groups excluding tert-OH is 1. The quantitative estimate of drug-likeness (QED) is 0.255. The first kappa shape index (κ1) is 33.4. The van der Waals surface area contributed by atoms with Crippen LogP contribution in [0.15, 0.2) is 36.9 Å². The number of aliphatic hydroxyl groups is 1. The van der Waals surface area contributed by atoms with E-state index < -0.39 is 6.23 Å². The Bertz CT molecular complexity index is 1550. The number of carbonyl (C=O) groups is 1. The van der Waals surface area contributed by atoms with Crippen molar-refractivity contribution >= 4 is 17.7 Å². The van der Waals surface area contributed by atoms with Gasteiger partial charge in [-0.05, 0) is 124 Å². The first-order valence-corrected chi connectivity index (χ1v) is 18.8. The van der Waals surface area contributed by atoms with E-state index in [0.29, 0.717) is 41.3 Å². The van der Waals surface area contributed by atoms with E-state index in [1.54, 1.807) is 12.4 Å². The number of imidazole rings is 2. The van der Waals surface area contributed by atoms with Crippen LogP contribution in [0.1, 0.15) is 117 Å². The van der Waals surface area contributed by atoms with E-state index in [9.17, 15) is 9.90 Å². The molecule has 2 aromatic heterocycles. The number of aromatic nitrogens is 4. The second-order valence-corrected chi connectivity index (χ2v) is 18.0. The first-order valence-electron chi connectivity index (χ1n) is 18.3. The van der Waals surface area contributed by atoms with E-state index in [-0.39, 0.29) is 39.3 Å². The highest BCUT2D eigenvalue weighted by molar-refractivity contribution is 6.19. The Kier molecular flexibility index (Phi) is 7.95. The van der Waals surface area contributed by atoms with Crippen LogP contribution >= 0.6 is 11.6 Å². The fourth-order valence-electron chi connectivity index (χ4n) is 13.5. The standard InChI is InChI=1S/C39H57ClN4O3/c1-24(23-40)27-11-16-39(33(45)43-21-19-41-25(43)2)18-17-37(7)28(32(27)39)9-10-30-36(6)14-13-31(47-34(46)44-22-20-42-26(44)3)35(4,5)29(36)12-15-38(30,37)8/h19-22,27-33,45H,1,9-18,23H2,2-8H3/t27-,28+,29-,30+,31-,32+,33?,36-,37+,38+,39-/m0/s1. The molecule has 0 aliphatic heterocycles. The minimum atomic E-state index is -0.587. The Morgan fingerprint density at radius 3 is 2.32 bits per heavy atom. The maximum absolute atomic E-state index is 13.2. The Morgan fingerprint density at radius 1 is 0.936 bits per heavy atom. The van der Waals surface area contributed by atoms with Crippen LogP contribution in [0.25, 0.3) is 0 Å². The Balaban J connectivity index is 1.20. The maximum atomic E-state index is 13.2. The molecule has 8 heteroatoms. The van der Waals surface area contributed by atoms with Crippen LogP contribution in [0.4, 0.5) is 4.79 Å². The Morgan fingerprint density at radius 2 is 1.66 bits per heavy atom. The molecular formula is C39H57ClN4O3. The van der Waals surface area contributed by atoms with Gasteiger partial charge >= 0.3 is 6.09 Å². The van der Waals surface area contributed by atoms with Gasteiger partial charge in [0, 0.05) is 41.5 Å². The predicted octanol–water partition coefficient (Wildman–Crippen LogP) is 9.12. The number of alkyl halides is 1. The molecule has 2 heterocycles.